The Morgan fingerprint density at radius 1 is 0.885 bits per heavy atom. The fraction of sp³-hybridized carbons (Fsp3) is 0.261. The second kappa shape index (κ2) is 5.87. The molecule has 0 saturated heterocycles. The lowest BCUT2D eigenvalue weighted by Crippen LogP contribution is -2.29. The van der Waals surface area contributed by atoms with Crippen molar-refractivity contribution < 1.29 is 4.73 Å². The first-order valence-corrected chi connectivity index (χ1v) is 9.47. The molecule has 2 aromatic carbocycles. The van der Waals surface area contributed by atoms with E-state index < -0.39 is 0 Å². The van der Waals surface area contributed by atoms with Crippen LogP contribution in [-0.4, -0.2) is 4.57 Å². The van der Waals surface area contributed by atoms with Crippen LogP contribution < -0.4 is 4.73 Å². The van der Waals surface area contributed by atoms with Gasteiger partial charge in [-0.1, -0.05) is 42.3 Å². The highest BCUT2D eigenvalue weighted by atomic mass is 16.5. The van der Waals surface area contributed by atoms with Crippen molar-refractivity contribution in [2.75, 3.05) is 0 Å². The lowest BCUT2D eigenvalue weighted by molar-refractivity contribution is -0.592. The molecule has 4 aromatic rings. The van der Waals surface area contributed by atoms with E-state index in [1.165, 1.54) is 40.3 Å². The van der Waals surface area contributed by atoms with Crippen LogP contribution in [0, 0.1) is 12.1 Å². The summed E-state index contributed by atoms with van der Waals surface area (Å²) in [5.41, 5.74) is 6.77. The van der Waals surface area contributed by atoms with Crippen molar-refractivity contribution in [1.29, 1.82) is 0 Å². The molecule has 5 rings (SSSR count). The Bertz CT molecular complexity index is 1120. The molecule has 0 bridgehead atoms. The molecule has 0 amide bonds. The number of hydrogen-bond acceptors (Lipinski definition) is 1. The largest absolute Gasteiger partial charge is 0.618 e. The Morgan fingerprint density at radius 3 is 2.54 bits per heavy atom. The number of benzene rings is 2. The molecular formula is C23H22N2O. The minimum atomic E-state index is 0.769. The predicted octanol–water partition coefficient (Wildman–Crippen LogP) is 5.13. The quantitative estimate of drug-likeness (QED) is 0.348. The highest BCUT2D eigenvalue weighted by Gasteiger charge is 2.23. The molecule has 0 saturated carbocycles. The van der Waals surface area contributed by atoms with E-state index in [4.69, 9.17) is 0 Å². The molecule has 0 fully saturated rings. The molecule has 1 aliphatic rings. The summed E-state index contributed by atoms with van der Waals surface area (Å²) in [6, 6.07) is 16.9. The zero-order chi connectivity index (χ0) is 17.7. The number of hydrogen-bond donors (Lipinski definition) is 0. The molecule has 2 aromatic heterocycles. The fourth-order valence-corrected chi connectivity index (χ4v) is 4.42. The monoisotopic (exact) mass is 342 g/mol. The minimum Gasteiger partial charge on any atom is -0.618 e. The molecule has 0 radical (unpaired) electrons. The Hall–Kier alpha value is -2.81. The van der Waals surface area contributed by atoms with Gasteiger partial charge < -0.3 is 9.77 Å². The average molecular weight is 342 g/mol. The van der Waals surface area contributed by atoms with Gasteiger partial charge in [-0.05, 0) is 43.9 Å². The summed E-state index contributed by atoms with van der Waals surface area (Å²) in [5.74, 6) is 0. The summed E-state index contributed by atoms with van der Waals surface area (Å²) in [4.78, 5) is 0. The average Bonchev–Trinajstić information content (AvgIpc) is 2.94. The summed E-state index contributed by atoms with van der Waals surface area (Å²) in [7, 11) is 0. The van der Waals surface area contributed by atoms with Crippen LogP contribution in [0.5, 0.6) is 0 Å². The molecule has 0 N–H and O–H groups in total. The first-order chi connectivity index (χ1) is 12.7. The van der Waals surface area contributed by atoms with Crippen LogP contribution in [0.3, 0.4) is 0 Å². The van der Waals surface area contributed by atoms with Crippen molar-refractivity contribution in [3.05, 3.63) is 71.1 Å². The van der Waals surface area contributed by atoms with Gasteiger partial charge in [0, 0.05) is 28.9 Å². The first-order valence-electron chi connectivity index (χ1n) is 9.47. The van der Waals surface area contributed by atoms with Crippen LogP contribution in [-0.2, 0) is 13.0 Å². The zero-order valence-electron chi connectivity index (χ0n) is 15.0. The van der Waals surface area contributed by atoms with Crippen molar-refractivity contribution in [2.24, 2.45) is 0 Å². The second-order valence-electron chi connectivity index (χ2n) is 7.39. The fourth-order valence-electron chi connectivity index (χ4n) is 4.42. The molecule has 0 aliphatic carbocycles. The third kappa shape index (κ3) is 2.23. The zero-order valence-corrected chi connectivity index (χ0v) is 15.0. The van der Waals surface area contributed by atoms with E-state index in [2.05, 4.69) is 54.0 Å². The number of aromatic nitrogens is 2. The van der Waals surface area contributed by atoms with Gasteiger partial charge in [0.1, 0.15) is 5.52 Å². The summed E-state index contributed by atoms with van der Waals surface area (Å²) in [6.07, 6.45) is 6.42. The Morgan fingerprint density at radius 2 is 1.69 bits per heavy atom. The van der Waals surface area contributed by atoms with Crippen LogP contribution in [0.2, 0.25) is 0 Å². The van der Waals surface area contributed by atoms with Crippen molar-refractivity contribution in [3.63, 3.8) is 0 Å². The molecule has 0 unspecified atom stereocenters. The lowest BCUT2D eigenvalue weighted by atomic mass is 10.0. The van der Waals surface area contributed by atoms with Gasteiger partial charge in [0.2, 0.25) is 5.69 Å². The second-order valence-corrected chi connectivity index (χ2v) is 7.39. The first kappa shape index (κ1) is 15.4. The minimum absolute atomic E-state index is 0.769. The predicted molar refractivity (Wildman–Crippen MR) is 106 cm³/mol. The summed E-state index contributed by atoms with van der Waals surface area (Å²) in [5, 5.41) is 15.3. The topological polar surface area (TPSA) is 31.9 Å². The van der Waals surface area contributed by atoms with Crippen LogP contribution in [0.4, 0.5) is 0 Å². The highest BCUT2D eigenvalue weighted by molar-refractivity contribution is 6.12. The Balaban J connectivity index is 1.94. The van der Waals surface area contributed by atoms with Crippen LogP contribution in [0.1, 0.15) is 30.4 Å². The van der Waals surface area contributed by atoms with Gasteiger partial charge in [0.05, 0.1) is 5.52 Å². The SMILES string of the molecule is Cc1ccc(-c2c3c(cc[n+]2[O-])c2cccc4c2n3CCCCC4)cc1. The smallest absolute Gasteiger partial charge is 0.248 e. The number of pyridine rings is 1. The van der Waals surface area contributed by atoms with E-state index in [1.54, 1.807) is 6.20 Å². The molecule has 0 atom stereocenters. The maximum Gasteiger partial charge on any atom is 0.248 e. The van der Waals surface area contributed by atoms with E-state index in [1.807, 2.05) is 6.07 Å². The maximum atomic E-state index is 12.8. The molecule has 3 heterocycles. The number of rotatable bonds is 1. The van der Waals surface area contributed by atoms with Crippen LogP contribution in [0.15, 0.2) is 54.7 Å². The summed E-state index contributed by atoms with van der Waals surface area (Å²) >= 11 is 0. The summed E-state index contributed by atoms with van der Waals surface area (Å²) < 4.78 is 3.44. The van der Waals surface area contributed by atoms with Gasteiger partial charge in [0.15, 0.2) is 6.20 Å². The number of fused-ring (bicyclic) bond motifs is 3. The van der Waals surface area contributed by atoms with Gasteiger partial charge >= 0.3 is 0 Å². The van der Waals surface area contributed by atoms with E-state index in [0.717, 1.165) is 40.9 Å². The Labute approximate surface area is 153 Å². The van der Waals surface area contributed by atoms with E-state index in [9.17, 15) is 5.21 Å². The van der Waals surface area contributed by atoms with E-state index in [-0.39, 0.29) is 0 Å². The standard InChI is InChI=1S/C23H22N2O/c1-16-9-11-18(12-10-16)22-23-20(13-15-25(22)26)19-8-5-7-17-6-3-2-4-14-24(23)21(17)19/h5,7-13,15H,2-4,6,14H2,1H3. The highest BCUT2D eigenvalue weighted by Crippen LogP contribution is 2.37. The molecule has 0 spiro atoms. The third-order valence-corrected chi connectivity index (χ3v) is 5.68. The van der Waals surface area contributed by atoms with E-state index >= 15 is 0 Å². The van der Waals surface area contributed by atoms with Gasteiger partial charge in [-0.2, -0.15) is 4.73 Å². The van der Waals surface area contributed by atoms with Crippen LogP contribution in [0.25, 0.3) is 33.1 Å². The number of para-hydroxylation sites is 1. The van der Waals surface area contributed by atoms with Crippen molar-refractivity contribution >= 4 is 21.8 Å². The van der Waals surface area contributed by atoms with E-state index in [0.29, 0.717) is 0 Å². The molecular weight excluding hydrogens is 320 g/mol. The Kier molecular flexibility index (Phi) is 3.49. The van der Waals surface area contributed by atoms with Gasteiger partial charge in [-0.15, -0.1) is 0 Å². The normalized spacial score (nSPS) is 14.5. The van der Waals surface area contributed by atoms with Gasteiger partial charge in [-0.25, -0.2) is 0 Å². The number of nitrogens with zero attached hydrogens (tertiary/aromatic N) is 2. The van der Waals surface area contributed by atoms with Crippen molar-refractivity contribution in [1.82, 2.24) is 4.57 Å². The molecule has 1 aliphatic heterocycles. The molecule has 130 valence electrons. The van der Waals surface area contributed by atoms with Crippen molar-refractivity contribution in [3.8, 4) is 11.3 Å². The molecule has 3 heteroatoms. The maximum absolute atomic E-state index is 12.8. The van der Waals surface area contributed by atoms with Crippen LogP contribution >= 0.6 is 0 Å². The third-order valence-electron chi connectivity index (χ3n) is 5.68. The molecule has 26 heavy (non-hydrogen) atoms. The summed E-state index contributed by atoms with van der Waals surface area (Å²) in [6.45, 7) is 3.05. The van der Waals surface area contributed by atoms with Gasteiger partial charge in [-0.3, -0.25) is 0 Å². The van der Waals surface area contributed by atoms with Crippen molar-refractivity contribution in [2.45, 2.75) is 39.2 Å². The lowest BCUT2D eigenvalue weighted by Gasteiger charge is -2.15. The number of aryl methyl sites for hydroxylation is 3. The van der Waals surface area contributed by atoms with Gasteiger partial charge in [0.25, 0.3) is 0 Å². The molecule has 3 nitrogen and oxygen atoms in total.